The van der Waals surface area contributed by atoms with Crippen LogP contribution in [0.3, 0.4) is 0 Å². The van der Waals surface area contributed by atoms with E-state index < -0.39 is 0 Å². The first-order valence-corrected chi connectivity index (χ1v) is 7.13. The van der Waals surface area contributed by atoms with Crippen molar-refractivity contribution < 1.29 is 9.53 Å². The van der Waals surface area contributed by atoms with E-state index in [2.05, 4.69) is 22.0 Å². The van der Waals surface area contributed by atoms with Crippen molar-refractivity contribution in [2.24, 2.45) is 0 Å². The van der Waals surface area contributed by atoms with Crippen LogP contribution in [0.4, 0.5) is 0 Å². The average Bonchev–Trinajstić information content (AvgIpc) is 2.86. The van der Waals surface area contributed by atoms with E-state index in [0.717, 1.165) is 30.7 Å². The Morgan fingerprint density at radius 1 is 1.56 bits per heavy atom. The van der Waals surface area contributed by atoms with Gasteiger partial charge in [0.05, 0.1) is 18.0 Å². The normalized spacial score (nSPS) is 20.8. The molecule has 0 spiro atoms. The number of amides is 1. The number of rotatable bonds is 3. The predicted molar refractivity (Wildman–Crippen MR) is 75.1 cm³/mol. The maximum atomic E-state index is 12.1. The molecule has 3 nitrogen and oxygen atoms in total. The van der Waals surface area contributed by atoms with E-state index in [1.165, 1.54) is 0 Å². The van der Waals surface area contributed by atoms with Crippen LogP contribution < -0.4 is 4.74 Å². The quantitative estimate of drug-likeness (QED) is 0.803. The second-order valence-corrected chi connectivity index (χ2v) is 5.96. The van der Waals surface area contributed by atoms with Crippen LogP contribution in [0.5, 0.6) is 5.75 Å². The summed E-state index contributed by atoms with van der Waals surface area (Å²) in [6.07, 6.45) is 2.09. The molecule has 0 bridgehead atoms. The minimum absolute atomic E-state index is 0.122. The molecule has 0 aromatic heterocycles. The van der Waals surface area contributed by atoms with Crippen molar-refractivity contribution in [2.75, 3.05) is 13.7 Å². The van der Waals surface area contributed by atoms with Gasteiger partial charge in [0.15, 0.2) is 0 Å². The molecule has 1 aliphatic heterocycles. The molecule has 1 heterocycles. The molecule has 0 aliphatic carbocycles. The summed E-state index contributed by atoms with van der Waals surface area (Å²) in [5.74, 6) is 1.01. The van der Waals surface area contributed by atoms with Gasteiger partial charge in [-0.2, -0.15) is 0 Å². The molecule has 1 saturated heterocycles. The number of benzene rings is 1. The highest BCUT2D eigenvalue weighted by molar-refractivity contribution is 9.10. The van der Waals surface area contributed by atoms with Crippen LogP contribution in [0.15, 0.2) is 24.3 Å². The summed E-state index contributed by atoms with van der Waals surface area (Å²) in [5, 5.41) is 0. The minimum atomic E-state index is -0.122. The van der Waals surface area contributed by atoms with E-state index in [4.69, 9.17) is 4.74 Å². The van der Waals surface area contributed by atoms with E-state index in [0.29, 0.717) is 0 Å². The number of methoxy groups -OCH3 is 1. The number of alkyl halides is 1. The van der Waals surface area contributed by atoms with Crippen LogP contribution in [0.25, 0.3) is 0 Å². The van der Waals surface area contributed by atoms with Gasteiger partial charge in [-0.05, 0) is 37.5 Å². The lowest BCUT2D eigenvalue weighted by Crippen LogP contribution is -2.34. The fraction of sp³-hybridized carbons (Fsp3) is 0.500. The predicted octanol–water partition coefficient (Wildman–Crippen LogP) is 3.14. The van der Waals surface area contributed by atoms with Crippen LogP contribution in [-0.4, -0.2) is 29.3 Å². The standard InChI is InChI=1S/C14H18BrNO2/c1-10(15)14(17)16-8-4-7-13(16)11-5-3-6-12(9-11)18-2/h3,5-6,9-10,13H,4,7-8H2,1-2H3. The van der Waals surface area contributed by atoms with Gasteiger partial charge in [-0.1, -0.05) is 28.1 Å². The summed E-state index contributed by atoms with van der Waals surface area (Å²) in [6, 6.07) is 8.18. The van der Waals surface area contributed by atoms with E-state index in [1.807, 2.05) is 30.0 Å². The summed E-state index contributed by atoms with van der Waals surface area (Å²) < 4.78 is 5.24. The van der Waals surface area contributed by atoms with E-state index in [-0.39, 0.29) is 16.8 Å². The zero-order valence-electron chi connectivity index (χ0n) is 10.7. The molecule has 0 N–H and O–H groups in total. The van der Waals surface area contributed by atoms with E-state index in [1.54, 1.807) is 7.11 Å². The number of carbonyl (C=O) groups is 1. The number of ether oxygens (including phenoxy) is 1. The Hall–Kier alpha value is -1.03. The topological polar surface area (TPSA) is 29.5 Å². The number of hydrogen-bond donors (Lipinski definition) is 0. The zero-order valence-corrected chi connectivity index (χ0v) is 12.3. The SMILES string of the molecule is COc1cccc(C2CCCN2C(=O)C(C)Br)c1. The molecule has 18 heavy (non-hydrogen) atoms. The lowest BCUT2D eigenvalue weighted by Gasteiger charge is -2.26. The first kappa shape index (κ1) is 13.4. The molecule has 2 unspecified atom stereocenters. The molecular formula is C14H18BrNO2. The summed E-state index contributed by atoms with van der Waals surface area (Å²) in [7, 11) is 1.66. The second kappa shape index (κ2) is 5.74. The summed E-state index contributed by atoms with van der Waals surface area (Å²) >= 11 is 3.36. The summed E-state index contributed by atoms with van der Waals surface area (Å²) in [4.78, 5) is 14.0. The minimum Gasteiger partial charge on any atom is -0.497 e. The molecule has 98 valence electrons. The van der Waals surface area contributed by atoms with E-state index in [9.17, 15) is 4.79 Å². The number of halogens is 1. The summed E-state index contributed by atoms with van der Waals surface area (Å²) in [6.45, 7) is 2.72. The number of hydrogen-bond acceptors (Lipinski definition) is 2. The van der Waals surface area contributed by atoms with E-state index >= 15 is 0 Å². The van der Waals surface area contributed by atoms with Gasteiger partial charge in [-0.25, -0.2) is 0 Å². The molecule has 0 saturated carbocycles. The van der Waals surface area contributed by atoms with Gasteiger partial charge < -0.3 is 9.64 Å². The maximum Gasteiger partial charge on any atom is 0.236 e. The lowest BCUT2D eigenvalue weighted by molar-refractivity contribution is -0.131. The highest BCUT2D eigenvalue weighted by Gasteiger charge is 2.31. The van der Waals surface area contributed by atoms with Gasteiger partial charge in [0.25, 0.3) is 0 Å². The van der Waals surface area contributed by atoms with Crippen molar-refractivity contribution in [3.05, 3.63) is 29.8 Å². The zero-order chi connectivity index (χ0) is 13.1. The van der Waals surface area contributed by atoms with Crippen LogP contribution in [0.1, 0.15) is 31.4 Å². The molecule has 2 rings (SSSR count). The van der Waals surface area contributed by atoms with Crippen molar-refractivity contribution in [3.63, 3.8) is 0 Å². The Labute approximate surface area is 116 Å². The second-order valence-electron chi connectivity index (χ2n) is 4.58. The number of nitrogens with zero attached hydrogens (tertiary/aromatic N) is 1. The highest BCUT2D eigenvalue weighted by Crippen LogP contribution is 2.34. The maximum absolute atomic E-state index is 12.1. The van der Waals surface area contributed by atoms with Crippen LogP contribution >= 0.6 is 15.9 Å². The first-order chi connectivity index (χ1) is 8.63. The molecule has 2 atom stereocenters. The number of likely N-dealkylation sites (tertiary alicyclic amines) is 1. The van der Waals surface area contributed by atoms with Crippen molar-refractivity contribution in [3.8, 4) is 5.75 Å². The van der Waals surface area contributed by atoms with Gasteiger partial charge in [0.1, 0.15) is 5.75 Å². The Bertz CT molecular complexity index is 434. The fourth-order valence-electron chi connectivity index (χ4n) is 2.45. The molecule has 4 heteroatoms. The molecule has 1 amide bonds. The van der Waals surface area contributed by atoms with Gasteiger partial charge >= 0.3 is 0 Å². The molecule has 1 aliphatic rings. The first-order valence-electron chi connectivity index (χ1n) is 6.22. The van der Waals surface area contributed by atoms with Crippen LogP contribution in [-0.2, 0) is 4.79 Å². The van der Waals surface area contributed by atoms with Gasteiger partial charge in [-0.15, -0.1) is 0 Å². The molecule has 1 aromatic rings. The Morgan fingerprint density at radius 3 is 3.00 bits per heavy atom. The summed E-state index contributed by atoms with van der Waals surface area (Å²) in [5.41, 5.74) is 1.16. The Morgan fingerprint density at radius 2 is 2.33 bits per heavy atom. The van der Waals surface area contributed by atoms with Gasteiger partial charge in [-0.3, -0.25) is 4.79 Å². The largest absolute Gasteiger partial charge is 0.497 e. The van der Waals surface area contributed by atoms with Crippen LogP contribution in [0, 0.1) is 0 Å². The van der Waals surface area contributed by atoms with Gasteiger partial charge in [0, 0.05) is 6.54 Å². The monoisotopic (exact) mass is 311 g/mol. The third-order valence-electron chi connectivity index (χ3n) is 3.35. The number of carbonyl (C=O) groups excluding carboxylic acids is 1. The molecule has 1 aromatic carbocycles. The third kappa shape index (κ3) is 2.69. The lowest BCUT2D eigenvalue weighted by atomic mass is 10.0. The fourth-order valence-corrected chi connectivity index (χ4v) is 2.72. The Kier molecular flexibility index (Phi) is 4.27. The van der Waals surface area contributed by atoms with Crippen molar-refractivity contribution in [1.29, 1.82) is 0 Å². The average molecular weight is 312 g/mol. The van der Waals surface area contributed by atoms with Crippen molar-refractivity contribution in [1.82, 2.24) is 4.90 Å². The molecule has 0 radical (unpaired) electrons. The molecule has 1 fully saturated rings. The molecular weight excluding hydrogens is 294 g/mol. The van der Waals surface area contributed by atoms with Crippen LogP contribution in [0.2, 0.25) is 0 Å². The van der Waals surface area contributed by atoms with Gasteiger partial charge in [0.2, 0.25) is 5.91 Å². The highest BCUT2D eigenvalue weighted by atomic mass is 79.9. The van der Waals surface area contributed by atoms with Crippen molar-refractivity contribution >= 4 is 21.8 Å². The smallest absolute Gasteiger partial charge is 0.236 e. The Balaban J connectivity index is 2.23. The third-order valence-corrected chi connectivity index (χ3v) is 3.75. The van der Waals surface area contributed by atoms with Crippen molar-refractivity contribution in [2.45, 2.75) is 30.6 Å².